The monoisotopic (exact) mass is 292 g/mol. The molecule has 0 radical (unpaired) electrons. The molecular formula is C15H21ClN4. The summed E-state index contributed by atoms with van der Waals surface area (Å²) in [6.07, 6.45) is 3.60. The number of nitrogens with one attached hydrogen (secondary N) is 1. The van der Waals surface area contributed by atoms with E-state index in [0.717, 1.165) is 35.6 Å². The summed E-state index contributed by atoms with van der Waals surface area (Å²) in [6, 6.07) is 2.11. The summed E-state index contributed by atoms with van der Waals surface area (Å²) in [5, 5.41) is 8.48. The number of aryl methyl sites for hydroxylation is 3. The topological polar surface area (TPSA) is 42.7 Å². The van der Waals surface area contributed by atoms with Gasteiger partial charge in [-0.1, -0.05) is 24.6 Å². The molecule has 0 aliphatic heterocycles. The SMILES string of the molecule is CCNC(c1ncc(C)cc1C)c1c(Cl)cnn1CC. The van der Waals surface area contributed by atoms with E-state index in [4.69, 9.17) is 11.6 Å². The summed E-state index contributed by atoms with van der Waals surface area (Å²) >= 11 is 6.34. The van der Waals surface area contributed by atoms with Gasteiger partial charge in [-0.05, 0) is 38.4 Å². The molecule has 1 N–H and O–H groups in total. The molecule has 0 aromatic carbocycles. The van der Waals surface area contributed by atoms with Crippen LogP contribution in [0, 0.1) is 13.8 Å². The third-order valence-electron chi connectivity index (χ3n) is 3.34. The van der Waals surface area contributed by atoms with Crippen LogP contribution < -0.4 is 5.32 Å². The van der Waals surface area contributed by atoms with Crippen LogP contribution in [0.1, 0.15) is 42.4 Å². The second kappa shape index (κ2) is 6.37. The lowest BCUT2D eigenvalue weighted by Gasteiger charge is -2.21. The number of hydrogen-bond acceptors (Lipinski definition) is 3. The molecule has 0 spiro atoms. The molecule has 2 aromatic rings. The van der Waals surface area contributed by atoms with Crippen molar-refractivity contribution < 1.29 is 0 Å². The van der Waals surface area contributed by atoms with Gasteiger partial charge in [-0.2, -0.15) is 5.10 Å². The molecule has 5 heteroatoms. The van der Waals surface area contributed by atoms with Crippen molar-refractivity contribution in [1.29, 1.82) is 0 Å². The highest BCUT2D eigenvalue weighted by molar-refractivity contribution is 6.31. The Kier molecular flexibility index (Phi) is 4.78. The first-order chi connectivity index (χ1) is 9.58. The van der Waals surface area contributed by atoms with E-state index >= 15 is 0 Å². The first-order valence-corrected chi connectivity index (χ1v) is 7.34. The zero-order chi connectivity index (χ0) is 14.7. The van der Waals surface area contributed by atoms with E-state index in [2.05, 4.69) is 49.2 Å². The number of rotatable bonds is 5. The summed E-state index contributed by atoms with van der Waals surface area (Å²) in [4.78, 5) is 4.61. The molecule has 0 saturated heterocycles. The van der Waals surface area contributed by atoms with Gasteiger partial charge < -0.3 is 5.32 Å². The third kappa shape index (κ3) is 2.86. The van der Waals surface area contributed by atoms with Gasteiger partial charge in [0, 0.05) is 12.7 Å². The summed E-state index contributed by atoms with van der Waals surface area (Å²) < 4.78 is 1.93. The van der Waals surface area contributed by atoms with Crippen molar-refractivity contribution in [2.75, 3.05) is 6.54 Å². The Bertz CT molecular complexity index is 592. The Hall–Kier alpha value is -1.39. The minimum Gasteiger partial charge on any atom is -0.304 e. The van der Waals surface area contributed by atoms with Crippen LogP contribution in [0.5, 0.6) is 0 Å². The van der Waals surface area contributed by atoms with Crippen LogP contribution in [0.15, 0.2) is 18.5 Å². The van der Waals surface area contributed by atoms with E-state index in [-0.39, 0.29) is 6.04 Å². The molecule has 0 fully saturated rings. The number of hydrogen-bond donors (Lipinski definition) is 1. The number of aromatic nitrogens is 3. The molecule has 1 atom stereocenters. The molecular weight excluding hydrogens is 272 g/mol. The minimum absolute atomic E-state index is 0.0319. The zero-order valence-corrected chi connectivity index (χ0v) is 13.2. The van der Waals surface area contributed by atoms with E-state index in [0.29, 0.717) is 5.02 Å². The average Bonchev–Trinajstić information content (AvgIpc) is 2.78. The quantitative estimate of drug-likeness (QED) is 0.920. The first kappa shape index (κ1) is 15.0. The smallest absolute Gasteiger partial charge is 0.0939 e. The van der Waals surface area contributed by atoms with Gasteiger partial charge in [-0.3, -0.25) is 9.67 Å². The Morgan fingerprint density at radius 2 is 2.05 bits per heavy atom. The predicted octanol–water partition coefficient (Wildman–Crippen LogP) is 3.27. The summed E-state index contributed by atoms with van der Waals surface area (Å²) in [5.41, 5.74) is 4.32. The van der Waals surface area contributed by atoms with Crippen molar-refractivity contribution in [3.8, 4) is 0 Å². The van der Waals surface area contributed by atoms with Crippen molar-refractivity contribution in [2.45, 2.75) is 40.3 Å². The lowest BCUT2D eigenvalue weighted by Crippen LogP contribution is -2.26. The number of nitrogens with zero attached hydrogens (tertiary/aromatic N) is 3. The lowest BCUT2D eigenvalue weighted by atomic mass is 10.0. The van der Waals surface area contributed by atoms with Crippen LogP contribution in [0.3, 0.4) is 0 Å². The summed E-state index contributed by atoms with van der Waals surface area (Å²) in [7, 11) is 0. The zero-order valence-electron chi connectivity index (χ0n) is 12.4. The molecule has 108 valence electrons. The fraction of sp³-hybridized carbons (Fsp3) is 0.467. The van der Waals surface area contributed by atoms with Gasteiger partial charge in [0.1, 0.15) is 0 Å². The van der Waals surface area contributed by atoms with Crippen molar-refractivity contribution in [2.24, 2.45) is 0 Å². The van der Waals surface area contributed by atoms with Crippen LogP contribution >= 0.6 is 11.6 Å². The van der Waals surface area contributed by atoms with Gasteiger partial charge in [0.25, 0.3) is 0 Å². The van der Waals surface area contributed by atoms with Gasteiger partial charge >= 0.3 is 0 Å². The van der Waals surface area contributed by atoms with Crippen molar-refractivity contribution in [3.63, 3.8) is 0 Å². The molecule has 0 aliphatic rings. The Labute approximate surface area is 125 Å². The molecule has 0 aliphatic carbocycles. The molecule has 2 aromatic heterocycles. The summed E-state index contributed by atoms with van der Waals surface area (Å²) in [6.45, 7) is 9.90. The summed E-state index contributed by atoms with van der Waals surface area (Å²) in [5.74, 6) is 0. The molecule has 0 bridgehead atoms. The Balaban J connectivity index is 2.53. The number of halogens is 1. The van der Waals surface area contributed by atoms with E-state index in [1.54, 1.807) is 6.20 Å². The maximum atomic E-state index is 6.34. The van der Waals surface area contributed by atoms with Gasteiger partial charge in [-0.15, -0.1) is 0 Å². The highest BCUT2D eigenvalue weighted by Gasteiger charge is 2.23. The lowest BCUT2D eigenvalue weighted by molar-refractivity contribution is 0.532. The Morgan fingerprint density at radius 1 is 1.30 bits per heavy atom. The predicted molar refractivity (Wildman–Crippen MR) is 82.1 cm³/mol. The molecule has 1 unspecified atom stereocenters. The highest BCUT2D eigenvalue weighted by Crippen LogP contribution is 2.29. The first-order valence-electron chi connectivity index (χ1n) is 6.96. The highest BCUT2D eigenvalue weighted by atomic mass is 35.5. The van der Waals surface area contributed by atoms with Gasteiger partial charge in [0.2, 0.25) is 0 Å². The van der Waals surface area contributed by atoms with Gasteiger partial charge in [0.15, 0.2) is 0 Å². The second-order valence-electron chi connectivity index (χ2n) is 4.90. The normalized spacial score (nSPS) is 12.7. The van der Waals surface area contributed by atoms with E-state index in [1.807, 2.05) is 10.9 Å². The van der Waals surface area contributed by atoms with Crippen molar-refractivity contribution >= 4 is 11.6 Å². The molecule has 2 heterocycles. The molecule has 0 saturated carbocycles. The molecule has 2 rings (SSSR count). The van der Waals surface area contributed by atoms with Crippen LogP contribution in [0.4, 0.5) is 0 Å². The standard InChI is InChI=1S/C15H21ClN4/c1-5-17-14(13-11(4)7-10(3)8-18-13)15-12(16)9-19-20(15)6-2/h7-9,14,17H,5-6H2,1-4H3. The largest absolute Gasteiger partial charge is 0.304 e. The fourth-order valence-corrected chi connectivity index (χ4v) is 2.72. The minimum atomic E-state index is -0.0319. The molecule has 20 heavy (non-hydrogen) atoms. The van der Waals surface area contributed by atoms with Gasteiger partial charge in [-0.25, -0.2) is 0 Å². The number of pyridine rings is 1. The Morgan fingerprint density at radius 3 is 2.65 bits per heavy atom. The molecule has 4 nitrogen and oxygen atoms in total. The van der Waals surface area contributed by atoms with Crippen LogP contribution in [-0.2, 0) is 6.54 Å². The van der Waals surface area contributed by atoms with Crippen LogP contribution in [0.2, 0.25) is 5.02 Å². The van der Waals surface area contributed by atoms with Crippen LogP contribution in [0.25, 0.3) is 0 Å². The van der Waals surface area contributed by atoms with Crippen molar-refractivity contribution in [3.05, 3.63) is 46.0 Å². The van der Waals surface area contributed by atoms with E-state index in [1.165, 1.54) is 0 Å². The fourth-order valence-electron chi connectivity index (χ4n) is 2.47. The average molecular weight is 293 g/mol. The van der Waals surface area contributed by atoms with Crippen molar-refractivity contribution in [1.82, 2.24) is 20.1 Å². The van der Waals surface area contributed by atoms with Crippen LogP contribution in [-0.4, -0.2) is 21.3 Å². The third-order valence-corrected chi connectivity index (χ3v) is 3.63. The van der Waals surface area contributed by atoms with E-state index < -0.39 is 0 Å². The van der Waals surface area contributed by atoms with Gasteiger partial charge in [0.05, 0.1) is 28.6 Å². The molecule has 0 amide bonds. The maximum absolute atomic E-state index is 6.34. The van der Waals surface area contributed by atoms with E-state index in [9.17, 15) is 0 Å². The second-order valence-corrected chi connectivity index (χ2v) is 5.31. The maximum Gasteiger partial charge on any atom is 0.0939 e.